The number of hydrogen-bond acceptors (Lipinski definition) is 5. The minimum Gasteiger partial charge on any atom is -0.327 e. The summed E-state index contributed by atoms with van der Waals surface area (Å²) in [6.07, 6.45) is 1.23. The van der Waals surface area contributed by atoms with Crippen molar-refractivity contribution in [3.05, 3.63) is 63.7 Å². The number of amides is 3. The zero-order valence-electron chi connectivity index (χ0n) is 16.7. The first-order chi connectivity index (χ1) is 14.3. The molecule has 0 aromatic heterocycles. The first-order valence-corrected chi connectivity index (χ1v) is 9.51. The first kappa shape index (κ1) is 21.0. The van der Waals surface area contributed by atoms with E-state index in [1.807, 2.05) is 0 Å². The van der Waals surface area contributed by atoms with Gasteiger partial charge in [0.1, 0.15) is 6.04 Å². The second kappa shape index (κ2) is 8.73. The van der Waals surface area contributed by atoms with Crippen LogP contribution in [0.5, 0.6) is 0 Å². The van der Waals surface area contributed by atoms with Gasteiger partial charge in [0.2, 0.25) is 11.8 Å². The van der Waals surface area contributed by atoms with Gasteiger partial charge in [0.15, 0.2) is 0 Å². The van der Waals surface area contributed by atoms with E-state index in [0.717, 1.165) is 0 Å². The maximum absolute atomic E-state index is 12.9. The van der Waals surface area contributed by atoms with Gasteiger partial charge in [-0.2, -0.15) is 0 Å². The predicted octanol–water partition coefficient (Wildman–Crippen LogP) is 3.10. The molecule has 9 heteroatoms. The molecule has 2 aromatic rings. The van der Waals surface area contributed by atoms with Crippen LogP contribution >= 0.6 is 0 Å². The molecule has 1 unspecified atom stereocenters. The minimum absolute atomic E-state index is 0.0509. The molecule has 0 saturated carbocycles. The highest BCUT2D eigenvalue weighted by Gasteiger charge is 2.35. The molecule has 1 saturated heterocycles. The number of carbonyl (C=O) groups is 3. The average Bonchev–Trinajstić information content (AvgIpc) is 3.18. The van der Waals surface area contributed by atoms with Crippen molar-refractivity contribution in [1.82, 2.24) is 4.90 Å². The molecular formula is C21H22N4O5. The van der Waals surface area contributed by atoms with Gasteiger partial charge in [-0.3, -0.25) is 24.5 Å². The van der Waals surface area contributed by atoms with Crippen LogP contribution in [-0.4, -0.2) is 40.1 Å². The number of aryl methyl sites for hydroxylation is 1. The molecule has 1 aliphatic rings. The minimum atomic E-state index is -0.622. The third-order valence-corrected chi connectivity index (χ3v) is 4.93. The molecule has 1 fully saturated rings. The second-order valence-electron chi connectivity index (χ2n) is 7.16. The van der Waals surface area contributed by atoms with Gasteiger partial charge >= 0.3 is 0 Å². The van der Waals surface area contributed by atoms with E-state index in [4.69, 9.17) is 0 Å². The van der Waals surface area contributed by atoms with Crippen molar-refractivity contribution in [1.29, 1.82) is 0 Å². The van der Waals surface area contributed by atoms with E-state index in [1.165, 1.54) is 30.0 Å². The van der Waals surface area contributed by atoms with E-state index in [9.17, 15) is 24.5 Å². The van der Waals surface area contributed by atoms with Crippen molar-refractivity contribution >= 4 is 34.8 Å². The molecule has 1 atom stereocenters. The Labute approximate surface area is 173 Å². The molecule has 0 radical (unpaired) electrons. The normalized spacial score (nSPS) is 15.5. The summed E-state index contributed by atoms with van der Waals surface area (Å²) in [7, 11) is 0. The van der Waals surface area contributed by atoms with Crippen LogP contribution in [-0.2, 0) is 9.59 Å². The fourth-order valence-corrected chi connectivity index (χ4v) is 3.51. The molecule has 0 bridgehead atoms. The zero-order valence-corrected chi connectivity index (χ0v) is 16.7. The number of rotatable bonds is 5. The second-order valence-corrected chi connectivity index (χ2v) is 7.16. The molecule has 1 aliphatic heterocycles. The SMILES string of the molecule is CC(=O)Nc1ccc(NC(=O)C2CCCN2C(=O)c2ccc([N+](=O)[O-])c(C)c2)cc1. The lowest BCUT2D eigenvalue weighted by atomic mass is 10.1. The Morgan fingerprint density at radius 3 is 2.27 bits per heavy atom. The summed E-state index contributed by atoms with van der Waals surface area (Å²) in [5.74, 6) is -0.813. The van der Waals surface area contributed by atoms with E-state index in [2.05, 4.69) is 10.6 Å². The Bertz CT molecular complexity index is 1000. The number of hydrogen-bond donors (Lipinski definition) is 2. The highest BCUT2D eigenvalue weighted by atomic mass is 16.6. The monoisotopic (exact) mass is 410 g/mol. The van der Waals surface area contributed by atoms with Crippen LogP contribution in [0, 0.1) is 17.0 Å². The van der Waals surface area contributed by atoms with Gasteiger partial charge in [-0.05, 0) is 56.2 Å². The average molecular weight is 410 g/mol. The zero-order chi connectivity index (χ0) is 21.8. The van der Waals surface area contributed by atoms with E-state index >= 15 is 0 Å². The van der Waals surface area contributed by atoms with Crippen LogP contribution in [0.3, 0.4) is 0 Å². The lowest BCUT2D eigenvalue weighted by Gasteiger charge is -2.24. The number of carbonyl (C=O) groups excluding carboxylic acids is 3. The molecule has 1 heterocycles. The van der Waals surface area contributed by atoms with Gasteiger partial charge in [0.25, 0.3) is 11.6 Å². The Balaban J connectivity index is 1.71. The first-order valence-electron chi connectivity index (χ1n) is 9.51. The number of nitrogens with one attached hydrogen (secondary N) is 2. The van der Waals surface area contributed by atoms with Crippen molar-refractivity contribution in [2.24, 2.45) is 0 Å². The lowest BCUT2D eigenvalue weighted by molar-refractivity contribution is -0.385. The van der Waals surface area contributed by atoms with Gasteiger partial charge < -0.3 is 15.5 Å². The molecule has 9 nitrogen and oxygen atoms in total. The van der Waals surface area contributed by atoms with Crippen LogP contribution in [0.2, 0.25) is 0 Å². The van der Waals surface area contributed by atoms with Gasteiger partial charge in [-0.15, -0.1) is 0 Å². The summed E-state index contributed by atoms with van der Waals surface area (Å²) in [4.78, 5) is 48.8. The molecule has 2 N–H and O–H groups in total. The van der Waals surface area contributed by atoms with Crippen molar-refractivity contribution < 1.29 is 19.3 Å². The van der Waals surface area contributed by atoms with Crippen LogP contribution in [0.1, 0.15) is 35.7 Å². The van der Waals surface area contributed by atoms with E-state index < -0.39 is 11.0 Å². The van der Waals surface area contributed by atoms with E-state index in [1.54, 1.807) is 31.2 Å². The summed E-state index contributed by atoms with van der Waals surface area (Å²) in [6, 6.07) is 10.3. The number of benzene rings is 2. The van der Waals surface area contributed by atoms with Gasteiger partial charge in [0, 0.05) is 42.0 Å². The number of likely N-dealkylation sites (tertiary alicyclic amines) is 1. The molecule has 0 spiro atoms. The van der Waals surface area contributed by atoms with Crippen LogP contribution < -0.4 is 10.6 Å². The van der Waals surface area contributed by atoms with Crippen molar-refractivity contribution in [2.45, 2.75) is 32.7 Å². The molecule has 3 amide bonds. The van der Waals surface area contributed by atoms with Gasteiger partial charge in [-0.1, -0.05) is 0 Å². The molecular weight excluding hydrogens is 388 g/mol. The number of nitrogens with zero attached hydrogens (tertiary/aromatic N) is 2. The van der Waals surface area contributed by atoms with E-state index in [0.29, 0.717) is 41.9 Å². The van der Waals surface area contributed by atoms with Crippen LogP contribution in [0.4, 0.5) is 17.1 Å². The smallest absolute Gasteiger partial charge is 0.272 e. The fourth-order valence-electron chi connectivity index (χ4n) is 3.51. The molecule has 30 heavy (non-hydrogen) atoms. The maximum Gasteiger partial charge on any atom is 0.272 e. The predicted molar refractivity (Wildman–Crippen MR) is 111 cm³/mol. The summed E-state index contributed by atoms with van der Waals surface area (Å²) in [5.41, 5.74) is 1.83. The number of nitro benzene ring substituents is 1. The summed E-state index contributed by atoms with van der Waals surface area (Å²) < 4.78 is 0. The summed E-state index contributed by atoms with van der Waals surface area (Å²) in [6.45, 7) is 3.43. The Morgan fingerprint density at radius 2 is 1.70 bits per heavy atom. The Hall–Kier alpha value is -3.75. The fraction of sp³-hybridized carbons (Fsp3) is 0.286. The summed E-state index contributed by atoms with van der Waals surface area (Å²) in [5, 5.41) is 16.4. The van der Waals surface area contributed by atoms with Gasteiger partial charge in [0.05, 0.1) is 4.92 Å². The third kappa shape index (κ3) is 4.62. The van der Waals surface area contributed by atoms with Crippen LogP contribution in [0.15, 0.2) is 42.5 Å². The van der Waals surface area contributed by atoms with E-state index in [-0.39, 0.29) is 23.4 Å². The Kier molecular flexibility index (Phi) is 6.10. The van der Waals surface area contributed by atoms with Crippen LogP contribution in [0.25, 0.3) is 0 Å². The molecule has 2 aromatic carbocycles. The quantitative estimate of drug-likeness (QED) is 0.579. The van der Waals surface area contributed by atoms with Crippen molar-refractivity contribution in [3.8, 4) is 0 Å². The lowest BCUT2D eigenvalue weighted by Crippen LogP contribution is -2.43. The number of anilines is 2. The highest BCUT2D eigenvalue weighted by molar-refractivity contribution is 6.02. The van der Waals surface area contributed by atoms with Crippen molar-refractivity contribution in [2.75, 3.05) is 17.2 Å². The Morgan fingerprint density at radius 1 is 1.07 bits per heavy atom. The molecule has 0 aliphatic carbocycles. The van der Waals surface area contributed by atoms with Crippen molar-refractivity contribution in [3.63, 3.8) is 0 Å². The standard InChI is InChI=1S/C21H22N4O5/c1-13-12-15(5-10-18(13)25(29)30)21(28)24-11-3-4-19(24)20(27)23-17-8-6-16(7-9-17)22-14(2)26/h5-10,12,19H,3-4,11H2,1-2H3,(H,22,26)(H,23,27). The maximum atomic E-state index is 12.9. The summed E-state index contributed by atoms with van der Waals surface area (Å²) >= 11 is 0. The highest BCUT2D eigenvalue weighted by Crippen LogP contribution is 2.25. The largest absolute Gasteiger partial charge is 0.327 e. The van der Waals surface area contributed by atoms with Gasteiger partial charge in [-0.25, -0.2) is 0 Å². The topological polar surface area (TPSA) is 122 Å². The third-order valence-electron chi connectivity index (χ3n) is 4.93. The molecule has 156 valence electrons. The number of nitro groups is 1. The molecule has 3 rings (SSSR count).